The fraction of sp³-hybridized carbons (Fsp3) is 0.273. The fourth-order valence-corrected chi connectivity index (χ4v) is 4.93. The van der Waals surface area contributed by atoms with Crippen molar-refractivity contribution in [1.29, 1.82) is 0 Å². The number of hydrogen-bond donors (Lipinski definition) is 1. The van der Waals surface area contributed by atoms with Gasteiger partial charge in [-0.1, -0.05) is 94.5 Å². The Labute approximate surface area is 205 Å². The number of rotatable bonds is 4. The predicted octanol–water partition coefficient (Wildman–Crippen LogP) is 9.30. The highest BCUT2D eigenvalue weighted by Crippen LogP contribution is 2.44. The van der Waals surface area contributed by atoms with Crippen molar-refractivity contribution in [3.8, 4) is 0 Å². The number of allylic oxidation sites excluding steroid dienone is 5. The lowest BCUT2D eigenvalue weighted by molar-refractivity contribution is 0.625. The van der Waals surface area contributed by atoms with Crippen LogP contribution in [0.2, 0.25) is 0 Å². The van der Waals surface area contributed by atoms with Gasteiger partial charge in [0.15, 0.2) is 0 Å². The topological polar surface area (TPSA) is 12.0 Å². The molecule has 174 valence electrons. The predicted molar refractivity (Wildman–Crippen MR) is 149 cm³/mol. The van der Waals surface area contributed by atoms with E-state index in [2.05, 4.69) is 139 Å². The molecule has 1 N–H and O–H groups in total. The third kappa shape index (κ3) is 4.66. The molecule has 1 aliphatic carbocycles. The van der Waals surface area contributed by atoms with E-state index in [0.717, 1.165) is 11.4 Å². The van der Waals surface area contributed by atoms with E-state index in [0.29, 0.717) is 5.92 Å². The summed E-state index contributed by atoms with van der Waals surface area (Å²) in [7, 11) is 0. The summed E-state index contributed by atoms with van der Waals surface area (Å²) in [4.78, 5) is 0. The van der Waals surface area contributed by atoms with E-state index < -0.39 is 0 Å². The first-order chi connectivity index (χ1) is 16.2. The second kappa shape index (κ2) is 9.50. The van der Waals surface area contributed by atoms with Gasteiger partial charge in [0.25, 0.3) is 0 Å². The molecular weight excluding hydrogens is 410 g/mol. The number of nitrogens with one attached hydrogen (secondary N) is 1. The molecule has 4 rings (SSSR count). The number of anilines is 2. The zero-order chi connectivity index (χ0) is 24.5. The van der Waals surface area contributed by atoms with Gasteiger partial charge in [-0.3, -0.25) is 0 Å². The van der Waals surface area contributed by atoms with Crippen molar-refractivity contribution in [3.63, 3.8) is 0 Å². The molecular formula is C33H37N. The molecule has 0 atom stereocenters. The maximum atomic E-state index is 3.68. The molecule has 0 aliphatic heterocycles. The molecule has 3 aromatic rings. The van der Waals surface area contributed by atoms with E-state index in [9.17, 15) is 0 Å². The Morgan fingerprint density at radius 1 is 0.765 bits per heavy atom. The summed E-state index contributed by atoms with van der Waals surface area (Å²) in [6.45, 7) is 15.8. The molecule has 3 aromatic carbocycles. The minimum Gasteiger partial charge on any atom is -0.355 e. The van der Waals surface area contributed by atoms with Crippen LogP contribution < -0.4 is 5.32 Å². The molecule has 34 heavy (non-hydrogen) atoms. The number of fused-ring (bicyclic) bond motifs is 1. The molecule has 0 bridgehead atoms. The third-order valence-electron chi connectivity index (χ3n) is 6.94. The summed E-state index contributed by atoms with van der Waals surface area (Å²) >= 11 is 0. The molecule has 0 heterocycles. The van der Waals surface area contributed by atoms with E-state index >= 15 is 0 Å². The average molecular weight is 448 g/mol. The minimum atomic E-state index is -0.145. The van der Waals surface area contributed by atoms with Crippen molar-refractivity contribution in [1.82, 2.24) is 0 Å². The van der Waals surface area contributed by atoms with Gasteiger partial charge in [0, 0.05) is 16.8 Å². The average Bonchev–Trinajstić information content (AvgIpc) is 2.79. The van der Waals surface area contributed by atoms with Gasteiger partial charge in [-0.2, -0.15) is 0 Å². The van der Waals surface area contributed by atoms with Gasteiger partial charge in [0.05, 0.1) is 0 Å². The second-order valence-corrected chi connectivity index (χ2v) is 10.4. The van der Waals surface area contributed by atoms with E-state index in [1.54, 1.807) is 0 Å². The van der Waals surface area contributed by atoms with Crippen molar-refractivity contribution >= 4 is 16.9 Å². The van der Waals surface area contributed by atoms with Crippen molar-refractivity contribution in [2.75, 3.05) is 5.32 Å². The minimum absolute atomic E-state index is 0.145. The molecule has 0 spiro atoms. The van der Waals surface area contributed by atoms with E-state index in [4.69, 9.17) is 0 Å². The highest BCUT2D eigenvalue weighted by molar-refractivity contribution is 5.88. The Balaban J connectivity index is 1.98. The van der Waals surface area contributed by atoms with Crippen LogP contribution >= 0.6 is 0 Å². The lowest BCUT2D eigenvalue weighted by Crippen LogP contribution is -2.23. The first kappa shape index (κ1) is 23.8. The van der Waals surface area contributed by atoms with E-state index in [-0.39, 0.29) is 5.41 Å². The van der Waals surface area contributed by atoms with Gasteiger partial charge >= 0.3 is 0 Å². The molecule has 0 fully saturated rings. The quantitative estimate of drug-likeness (QED) is 0.420. The molecule has 0 radical (unpaired) electrons. The normalized spacial score (nSPS) is 19.5. The van der Waals surface area contributed by atoms with Crippen molar-refractivity contribution < 1.29 is 0 Å². The van der Waals surface area contributed by atoms with Crippen LogP contribution in [0.3, 0.4) is 0 Å². The molecule has 0 unspecified atom stereocenters. The number of aryl methyl sites for hydroxylation is 2. The maximum Gasteiger partial charge on any atom is 0.0413 e. The zero-order valence-electron chi connectivity index (χ0n) is 21.7. The monoisotopic (exact) mass is 447 g/mol. The van der Waals surface area contributed by atoms with Crippen LogP contribution in [0, 0.1) is 19.8 Å². The van der Waals surface area contributed by atoms with E-state index in [1.807, 2.05) is 0 Å². The summed E-state index contributed by atoms with van der Waals surface area (Å²) in [6.07, 6.45) is 7.05. The van der Waals surface area contributed by atoms with E-state index in [1.165, 1.54) is 44.5 Å². The first-order valence-electron chi connectivity index (χ1n) is 12.3. The Morgan fingerprint density at radius 3 is 2.12 bits per heavy atom. The lowest BCUT2D eigenvalue weighted by atomic mass is 9.71. The lowest BCUT2D eigenvalue weighted by Gasteiger charge is -2.33. The van der Waals surface area contributed by atoms with Gasteiger partial charge in [0.2, 0.25) is 0 Å². The zero-order valence-corrected chi connectivity index (χ0v) is 21.7. The summed E-state index contributed by atoms with van der Waals surface area (Å²) < 4.78 is 0. The van der Waals surface area contributed by atoms with Crippen molar-refractivity contribution in [3.05, 3.63) is 124 Å². The Bertz CT molecular complexity index is 1300. The number of hydrogen-bond acceptors (Lipinski definition) is 1. The van der Waals surface area contributed by atoms with Gasteiger partial charge in [-0.05, 0) is 89.4 Å². The van der Waals surface area contributed by atoms with Crippen LogP contribution in [0.1, 0.15) is 62.4 Å². The summed E-state index contributed by atoms with van der Waals surface area (Å²) in [5.41, 5.74) is 12.6. The Kier molecular flexibility index (Phi) is 6.66. The van der Waals surface area contributed by atoms with Gasteiger partial charge in [-0.25, -0.2) is 0 Å². The van der Waals surface area contributed by atoms with Crippen LogP contribution in [0.4, 0.5) is 11.4 Å². The van der Waals surface area contributed by atoms with Crippen molar-refractivity contribution in [2.45, 2.75) is 53.9 Å². The highest BCUT2D eigenvalue weighted by Gasteiger charge is 2.30. The Hall–Kier alpha value is -3.32. The fourth-order valence-electron chi connectivity index (χ4n) is 4.93. The molecule has 0 aromatic heterocycles. The molecule has 0 saturated carbocycles. The van der Waals surface area contributed by atoms with Crippen molar-refractivity contribution in [2.24, 2.45) is 5.92 Å². The molecule has 0 amide bonds. The molecule has 1 nitrogen and oxygen atoms in total. The van der Waals surface area contributed by atoms with Crippen LogP contribution in [0.25, 0.3) is 5.57 Å². The standard InChI is InChI=1S/C33H37N/c1-22(2)20-26-17-16-25(5)32(28-14-10-8-12-23(28)3)29-19-18-27(21-30(29)33(26,6)7)34-31-15-11-9-13-24(31)4/h8-22,34H,1-7H3/b17-16-,26-20-,32-25-. The van der Waals surface area contributed by atoms with Gasteiger partial charge < -0.3 is 5.32 Å². The van der Waals surface area contributed by atoms with Crippen LogP contribution in [0.5, 0.6) is 0 Å². The Morgan fingerprint density at radius 2 is 1.44 bits per heavy atom. The number of benzene rings is 3. The molecule has 1 aliphatic rings. The van der Waals surface area contributed by atoms with Crippen LogP contribution in [0.15, 0.2) is 96.1 Å². The largest absolute Gasteiger partial charge is 0.355 e. The smallest absolute Gasteiger partial charge is 0.0413 e. The number of para-hydroxylation sites is 1. The SMILES string of the molecule is CC1=C(\c2ccccc2C)c2ccc(Nc3ccccc3C)cc2C(C)(C)C(=C\C(C)C)/C=C\1. The second-order valence-electron chi connectivity index (χ2n) is 10.4. The summed E-state index contributed by atoms with van der Waals surface area (Å²) in [5, 5.41) is 3.68. The highest BCUT2D eigenvalue weighted by atomic mass is 14.9. The van der Waals surface area contributed by atoms with Gasteiger partial charge in [-0.15, -0.1) is 0 Å². The van der Waals surface area contributed by atoms with Crippen LogP contribution in [-0.4, -0.2) is 0 Å². The summed E-state index contributed by atoms with van der Waals surface area (Å²) in [6, 6.07) is 24.1. The summed E-state index contributed by atoms with van der Waals surface area (Å²) in [5.74, 6) is 0.482. The maximum absolute atomic E-state index is 3.68. The van der Waals surface area contributed by atoms with Crippen LogP contribution in [-0.2, 0) is 5.41 Å². The molecule has 1 heteroatoms. The third-order valence-corrected chi connectivity index (χ3v) is 6.94. The molecule has 0 saturated heterocycles. The van der Waals surface area contributed by atoms with Gasteiger partial charge in [0.1, 0.15) is 0 Å². The first-order valence-corrected chi connectivity index (χ1v) is 12.3.